The van der Waals surface area contributed by atoms with Crippen LogP contribution in [0.2, 0.25) is 0 Å². The highest BCUT2D eigenvalue weighted by molar-refractivity contribution is 7.09. The molecule has 0 aliphatic rings. The van der Waals surface area contributed by atoms with Gasteiger partial charge in [0.05, 0.1) is 17.7 Å². The number of carboxylic acid groups (broad SMARTS) is 1. The van der Waals surface area contributed by atoms with E-state index in [-0.39, 0.29) is 11.6 Å². The smallest absolute Gasteiger partial charge is 0.358 e. The first-order valence-corrected chi connectivity index (χ1v) is 6.01. The monoisotopic (exact) mass is 252 g/mol. The van der Waals surface area contributed by atoms with Crippen molar-refractivity contribution in [3.05, 3.63) is 28.0 Å². The fraction of sp³-hybridized carbons (Fsp3) is 0.400. The molecular weight excluding hydrogens is 240 g/mol. The van der Waals surface area contributed by atoms with Crippen molar-refractivity contribution in [1.82, 2.24) is 20.0 Å². The van der Waals surface area contributed by atoms with Gasteiger partial charge in [-0.25, -0.2) is 9.48 Å². The molecule has 0 unspecified atom stereocenters. The predicted octanol–water partition coefficient (Wildman–Crippen LogP) is 1.60. The molecule has 2 aromatic rings. The molecule has 0 aliphatic heterocycles. The molecular formula is C10H12N4O2S. The molecule has 7 heteroatoms. The van der Waals surface area contributed by atoms with E-state index >= 15 is 0 Å². The number of hydrogen-bond acceptors (Lipinski definition) is 5. The van der Waals surface area contributed by atoms with Crippen molar-refractivity contribution in [3.8, 4) is 0 Å². The maximum atomic E-state index is 11.0. The summed E-state index contributed by atoms with van der Waals surface area (Å²) in [5, 5.41) is 16.6. The number of hydrogen-bond donors (Lipinski definition) is 1. The maximum Gasteiger partial charge on any atom is 0.358 e. The Labute approximate surface area is 102 Å². The predicted molar refractivity (Wildman–Crippen MR) is 62.3 cm³/mol. The summed E-state index contributed by atoms with van der Waals surface area (Å²) in [6, 6.07) is 0. The maximum absolute atomic E-state index is 11.0. The van der Waals surface area contributed by atoms with Crippen LogP contribution < -0.4 is 0 Å². The summed E-state index contributed by atoms with van der Waals surface area (Å²) in [7, 11) is 0. The van der Waals surface area contributed by atoms with Gasteiger partial charge in [0.1, 0.15) is 0 Å². The fourth-order valence-corrected chi connectivity index (χ4v) is 2.20. The molecule has 0 amide bonds. The summed E-state index contributed by atoms with van der Waals surface area (Å²) in [5.41, 5.74) is 2.41. The van der Waals surface area contributed by atoms with Gasteiger partial charge in [-0.3, -0.25) is 4.98 Å². The molecule has 0 saturated carbocycles. The minimum absolute atomic E-state index is 0.0320. The Balaban J connectivity index is 2.37. The highest BCUT2D eigenvalue weighted by Crippen LogP contribution is 2.19. The SMILES string of the molecule is CC(C)c1c(C(=O)O)nnn1Cc1cncs1. The highest BCUT2D eigenvalue weighted by Gasteiger charge is 2.21. The average molecular weight is 252 g/mol. The number of aromatic carboxylic acids is 1. The lowest BCUT2D eigenvalue weighted by Crippen LogP contribution is -2.10. The van der Waals surface area contributed by atoms with Crippen LogP contribution in [0.15, 0.2) is 11.7 Å². The van der Waals surface area contributed by atoms with Crippen LogP contribution in [0, 0.1) is 0 Å². The van der Waals surface area contributed by atoms with E-state index in [0.717, 1.165) is 4.88 Å². The first-order valence-electron chi connectivity index (χ1n) is 5.13. The molecule has 2 aromatic heterocycles. The minimum Gasteiger partial charge on any atom is -0.476 e. The van der Waals surface area contributed by atoms with Crippen LogP contribution in [0.4, 0.5) is 0 Å². The van der Waals surface area contributed by atoms with E-state index in [0.29, 0.717) is 12.2 Å². The average Bonchev–Trinajstić information content (AvgIpc) is 2.86. The third-order valence-electron chi connectivity index (χ3n) is 2.31. The number of nitrogens with zero attached hydrogens (tertiary/aromatic N) is 4. The Hall–Kier alpha value is -1.76. The molecule has 0 bridgehead atoms. The second kappa shape index (κ2) is 4.62. The molecule has 17 heavy (non-hydrogen) atoms. The van der Waals surface area contributed by atoms with Crippen LogP contribution >= 0.6 is 11.3 Å². The lowest BCUT2D eigenvalue weighted by molar-refractivity contribution is 0.0688. The zero-order chi connectivity index (χ0) is 12.4. The molecule has 0 fully saturated rings. The minimum atomic E-state index is -1.04. The normalized spacial score (nSPS) is 11.0. The number of carboxylic acids is 1. The summed E-state index contributed by atoms with van der Waals surface area (Å²) < 4.78 is 1.63. The molecule has 0 radical (unpaired) electrons. The summed E-state index contributed by atoms with van der Waals surface area (Å²) in [6.45, 7) is 4.36. The van der Waals surface area contributed by atoms with E-state index in [2.05, 4.69) is 15.3 Å². The van der Waals surface area contributed by atoms with Crippen LogP contribution in [0.1, 0.15) is 40.8 Å². The first-order chi connectivity index (χ1) is 8.09. The molecule has 90 valence electrons. The van der Waals surface area contributed by atoms with Crippen molar-refractivity contribution in [1.29, 1.82) is 0 Å². The van der Waals surface area contributed by atoms with E-state index in [4.69, 9.17) is 5.11 Å². The van der Waals surface area contributed by atoms with Crippen molar-refractivity contribution in [3.63, 3.8) is 0 Å². The van der Waals surface area contributed by atoms with Gasteiger partial charge < -0.3 is 5.11 Å². The molecule has 6 nitrogen and oxygen atoms in total. The standard InChI is InChI=1S/C10H12N4O2S/c1-6(2)9-8(10(15)16)12-13-14(9)4-7-3-11-5-17-7/h3,5-6H,4H2,1-2H3,(H,15,16). The number of carbonyl (C=O) groups is 1. The van der Waals surface area contributed by atoms with Gasteiger partial charge in [-0.05, 0) is 5.92 Å². The van der Waals surface area contributed by atoms with Gasteiger partial charge in [0.2, 0.25) is 0 Å². The quantitative estimate of drug-likeness (QED) is 0.894. The van der Waals surface area contributed by atoms with Crippen LogP contribution in [0.5, 0.6) is 0 Å². The fourth-order valence-electron chi connectivity index (χ4n) is 1.63. The molecule has 0 spiro atoms. The Morgan fingerprint density at radius 3 is 2.88 bits per heavy atom. The van der Waals surface area contributed by atoms with E-state index in [1.807, 2.05) is 13.8 Å². The Kier molecular flexibility index (Phi) is 3.19. The Bertz CT molecular complexity index is 518. The third kappa shape index (κ3) is 2.33. The zero-order valence-electron chi connectivity index (χ0n) is 9.49. The Morgan fingerprint density at radius 2 is 2.35 bits per heavy atom. The number of thiazole rings is 1. The summed E-state index contributed by atoms with van der Waals surface area (Å²) >= 11 is 1.51. The molecule has 1 N–H and O–H groups in total. The molecule has 0 aliphatic carbocycles. The van der Waals surface area contributed by atoms with Crippen molar-refractivity contribution in [2.45, 2.75) is 26.3 Å². The van der Waals surface area contributed by atoms with Gasteiger partial charge in [-0.1, -0.05) is 19.1 Å². The Morgan fingerprint density at radius 1 is 1.59 bits per heavy atom. The topological polar surface area (TPSA) is 80.9 Å². The second-order valence-corrected chi connectivity index (χ2v) is 4.88. The van der Waals surface area contributed by atoms with E-state index in [9.17, 15) is 4.79 Å². The number of aromatic nitrogens is 4. The highest BCUT2D eigenvalue weighted by atomic mass is 32.1. The number of rotatable bonds is 4. The van der Waals surface area contributed by atoms with Gasteiger partial charge in [0.15, 0.2) is 5.69 Å². The van der Waals surface area contributed by atoms with Crippen LogP contribution in [-0.2, 0) is 6.54 Å². The van der Waals surface area contributed by atoms with Gasteiger partial charge in [-0.2, -0.15) is 0 Å². The van der Waals surface area contributed by atoms with Crippen LogP contribution in [-0.4, -0.2) is 31.1 Å². The molecule has 2 rings (SSSR count). The van der Waals surface area contributed by atoms with Crippen molar-refractivity contribution >= 4 is 17.3 Å². The van der Waals surface area contributed by atoms with Gasteiger partial charge in [-0.15, -0.1) is 16.4 Å². The first kappa shape index (κ1) is 11.7. The second-order valence-electron chi connectivity index (χ2n) is 3.91. The van der Waals surface area contributed by atoms with Crippen LogP contribution in [0.3, 0.4) is 0 Å². The van der Waals surface area contributed by atoms with Crippen molar-refractivity contribution in [2.24, 2.45) is 0 Å². The summed E-state index contributed by atoms with van der Waals surface area (Å²) in [6.07, 6.45) is 1.75. The van der Waals surface area contributed by atoms with Crippen molar-refractivity contribution in [2.75, 3.05) is 0 Å². The largest absolute Gasteiger partial charge is 0.476 e. The van der Waals surface area contributed by atoms with Crippen LogP contribution in [0.25, 0.3) is 0 Å². The summed E-state index contributed by atoms with van der Waals surface area (Å²) in [5.74, 6) is -0.978. The van der Waals surface area contributed by atoms with E-state index < -0.39 is 5.97 Å². The van der Waals surface area contributed by atoms with Gasteiger partial charge in [0, 0.05) is 11.1 Å². The van der Waals surface area contributed by atoms with Gasteiger partial charge in [0.25, 0.3) is 0 Å². The molecule has 0 saturated heterocycles. The lowest BCUT2D eigenvalue weighted by Gasteiger charge is -2.08. The molecule has 0 atom stereocenters. The molecule has 0 aromatic carbocycles. The molecule has 2 heterocycles. The third-order valence-corrected chi connectivity index (χ3v) is 3.08. The van der Waals surface area contributed by atoms with Gasteiger partial charge >= 0.3 is 5.97 Å². The van der Waals surface area contributed by atoms with E-state index in [1.165, 1.54) is 11.3 Å². The zero-order valence-corrected chi connectivity index (χ0v) is 10.3. The van der Waals surface area contributed by atoms with Crippen molar-refractivity contribution < 1.29 is 9.90 Å². The lowest BCUT2D eigenvalue weighted by atomic mass is 10.1. The summed E-state index contributed by atoms with van der Waals surface area (Å²) in [4.78, 5) is 16.0. The van der Waals surface area contributed by atoms with E-state index in [1.54, 1.807) is 16.4 Å².